The van der Waals surface area contributed by atoms with Crippen LogP contribution in [0, 0.1) is 0 Å². The number of allylic oxidation sites excluding steroid dienone is 16. The first kappa shape index (κ1) is 36.3. The van der Waals surface area contributed by atoms with Crippen LogP contribution < -0.4 is 0 Å². The number of fused-ring (bicyclic) bond motifs is 3. The van der Waals surface area contributed by atoms with Gasteiger partial charge in [0.2, 0.25) is 0 Å². The molecule has 0 saturated carbocycles. The number of benzene rings is 4. The third kappa shape index (κ3) is 7.73. The van der Waals surface area contributed by atoms with Crippen LogP contribution in [0.15, 0.2) is 198 Å². The van der Waals surface area contributed by atoms with Gasteiger partial charge < -0.3 is 0 Å². The summed E-state index contributed by atoms with van der Waals surface area (Å²) in [7, 11) is 0. The van der Waals surface area contributed by atoms with Crippen molar-refractivity contribution in [2.45, 2.75) is 57.8 Å². The number of rotatable bonds is 8. The first-order valence-electron chi connectivity index (χ1n) is 20.5. The molecule has 0 aromatic heterocycles. The van der Waals surface area contributed by atoms with Gasteiger partial charge in [0.1, 0.15) is 0 Å². The summed E-state index contributed by atoms with van der Waals surface area (Å²) in [6.45, 7) is 6.62. The van der Waals surface area contributed by atoms with Crippen molar-refractivity contribution in [2.75, 3.05) is 0 Å². The van der Waals surface area contributed by atoms with Crippen molar-refractivity contribution in [3.8, 4) is 22.3 Å². The monoisotopic (exact) mass is 736 g/mol. The fraction of sp³-hybridized carbons (Fsp3) is 0.164. The summed E-state index contributed by atoms with van der Waals surface area (Å²) in [5, 5.41) is 0. The highest BCUT2D eigenvalue weighted by atomic mass is 14.9. The number of aliphatic imine (C=N–C) groups is 2. The van der Waals surface area contributed by atoms with Crippen molar-refractivity contribution in [2.24, 2.45) is 9.98 Å². The highest BCUT2D eigenvalue weighted by Crippen LogP contribution is 2.42. The molecule has 0 aliphatic heterocycles. The second-order valence-corrected chi connectivity index (χ2v) is 15.5. The van der Waals surface area contributed by atoms with Crippen LogP contribution in [0.25, 0.3) is 39.1 Å². The number of hydrogen-bond donors (Lipinski definition) is 0. The van der Waals surface area contributed by atoms with E-state index < -0.39 is 0 Å². The molecule has 57 heavy (non-hydrogen) atoms. The standard InChI is InChI=1S/C55H48N2/c1-38(40-18-10-5-11-19-40)56-55(57-39(2)46-32-33-48-34-47-26-16-17-27-50(47)51(48)35-46)45-30-28-41(29-31-45)49-36-52(42-20-8-3-4-9-21-42)54(44-24-14-7-15-25-44)53(37-49)43-22-12-6-13-23-43/h3-6,8,10,12-14,16-18,20-28,30-33,35-37,41H,2,7,9,11,15,19,29,34H2,1H3. The summed E-state index contributed by atoms with van der Waals surface area (Å²) >= 11 is 0. The molecule has 2 nitrogen and oxygen atoms in total. The molecule has 4 aromatic rings. The minimum Gasteiger partial charge on any atom is -0.233 e. The molecule has 0 bridgehead atoms. The second-order valence-electron chi connectivity index (χ2n) is 15.5. The van der Waals surface area contributed by atoms with Gasteiger partial charge in [-0.1, -0.05) is 158 Å². The number of hydrogen-bond acceptors (Lipinski definition) is 1. The van der Waals surface area contributed by atoms with Crippen LogP contribution in [0.2, 0.25) is 0 Å². The van der Waals surface area contributed by atoms with E-state index in [9.17, 15) is 0 Å². The van der Waals surface area contributed by atoms with Gasteiger partial charge in [-0.15, -0.1) is 0 Å². The Hall–Kier alpha value is -6.38. The van der Waals surface area contributed by atoms with Gasteiger partial charge in [-0.05, 0) is 137 Å². The number of nitrogens with zero attached hydrogens (tertiary/aromatic N) is 2. The van der Waals surface area contributed by atoms with Gasteiger partial charge in [0.15, 0.2) is 5.84 Å². The summed E-state index contributed by atoms with van der Waals surface area (Å²) in [5.74, 6) is 0.910. The third-order valence-corrected chi connectivity index (χ3v) is 11.7. The van der Waals surface area contributed by atoms with Crippen LogP contribution in [0.5, 0.6) is 0 Å². The van der Waals surface area contributed by atoms with E-state index in [2.05, 4.69) is 183 Å². The van der Waals surface area contributed by atoms with Gasteiger partial charge in [0, 0.05) is 22.8 Å². The van der Waals surface area contributed by atoms with Crippen LogP contribution in [0.4, 0.5) is 0 Å². The maximum absolute atomic E-state index is 5.25. The molecule has 0 saturated heterocycles. The second kappa shape index (κ2) is 16.4. The highest BCUT2D eigenvalue weighted by molar-refractivity contribution is 6.13. The van der Waals surface area contributed by atoms with E-state index in [0.29, 0.717) is 5.84 Å². The molecular formula is C55H48N2. The summed E-state index contributed by atoms with van der Waals surface area (Å²) in [6, 6.07) is 31.2. The van der Waals surface area contributed by atoms with Crippen molar-refractivity contribution in [3.63, 3.8) is 0 Å². The van der Waals surface area contributed by atoms with Crippen LogP contribution in [0.1, 0.15) is 84.7 Å². The zero-order valence-electron chi connectivity index (χ0n) is 32.8. The topological polar surface area (TPSA) is 24.7 Å². The van der Waals surface area contributed by atoms with Crippen molar-refractivity contribution in [3.05, 3.63) is 221 Å². The lowest BCUT2D eigenvalue weighted by molar-refractivity contribution is 0.849. The largest absolute Gasteiger partial charge is 0.233 e. The lowest BCUT2D eigenvalue weighted by Gasteiger charge is -2.24. The molecule has 0 N–H and O–H groups in total. The molecule has 5 aliphatic carbocycles. The predicted octanol–water partition coefficient (Wildman–Crippen LogP) is 14.3. The molecule has 9 rings (SSSR count). The zero-order valence-corrected chi connectivity index (χ0v) is 32.8. The normalized spacial score (nSPS) is 18.6. The van der Waals surface area contributed by atoms with Gasteiger partial charge in [-0.2, -0.15) is 0 Å². The third-order valence-electron chi connectivity index (χ3n) is 11.7. The fourth-order valence-corrected chi connectivity index (χ4v) is 8.66. The maximum atomic E-state index is 5.25. The van der Waals surface area contributed by atoms with Crippen molar-refractivity contribution < 1.29 is 0 Å². The molecule has 4 aromatic carbocycles. The van der Waals surface area contributed by atoms with Crippen LogP contribution >= 0.6 is 0 Å². The highest BCUT2D eigenvalue weighted by Gasteiger charge is 2.23. The van der Waals surface area contributed by atoms with Crippen LogP contribution in [0.3, 0.4) is 0 Å². The zero-order chi connectivity index (χ0) is 38.6. The van der Waals surface area contributed by atoms with Crippen molar-refractivity contribution >= 4 is 28.4 Å². The SMILES string of the molecule is C=C(N=C(N=C(C)C1=CC=CCC1)C1=CCC(c2cc(C3=CCC=CC=C3)c(C3=CCCC=C3)c(-c3ccccc3)c2)C=C1)c1ccc2c(c1)-c1ccccc1C2. The first-order chi connectivity index (χ1) is 28.1. The van der Waals surface area contributed by atoms with E-state index in [1.54, 1.807) is 0 Å². The average Bonchev–Trinajstić information content (AvgIpc) is 3.42. The Morgan fingerprint density at radius 3 is 2.35 bits per heavy atom. The molecule has 1 unspecified atom stereocenters. The molecule has 0 amide bonds. The Kier molecular flexibility index (Phi) is 10.4. The molecule has 0 fully saturated rings. The Labute approximate surface area is 338 Å². The lowest BCUT2D eigenvalue weighted by atomic mass is 9.80. The fourth-order valence-electron chi connectivity index (χ4n) is 8.66. The van der Waals surface area contributed by atoms with Gasteiger partial charge in [0.25, 0.3) is 0 Å². The number of amidine groups is 1. The van der Waals surface area contributed by atoms with Gasteiger partial charge in [0.05, 0.1) is 5.70 Å². The van der Waals surface area contributed by atoms with E-state index in [1.807, 2.05) is 0 Å². The molecule has 0 radical (unpaired) electrons. The Bertz CT molecular complexity index is 2600. The molecule has 0 spiro atoms. The van der Waals surface area contributed by atoms with Gasteiger partial charge >= 0.3 is 0 Å². The molecule has 2 heteroatoms. The van der Waals surface area contributed by atoms with Crippen molar-refractivity contribution in [1.29, 1.82) is 0 Å². The molecule has 278 valence electrons. The van der Waals surface area contributed by atoms with Gasteiger partial charge in [-0.25, -0.2) is 9.98 Å². The Morgan fingerprint density at radius 1 is 0.667 bits per heavy atom. The van der Waals surface area contributed by atoms with E-state index in [0.717, 1.165) is 67.5 Å². The van der Waals surface area contributed by atoms with Gasteiger partial charge in [-0.3, -0.25) is 0 Å². The van der Waals surface area contributed by atoms with Crippen LogP contribution in [-0.4, -0.2) is 11.5 Å². The molecule has 0 heterocycles. The summed E-state index contributed by atoms with van der Waals surface area (Å²) in [5.41, 5.74) is 19.4. The maximum Gasteiger partial charge on any atom is 0.159 e. The molecular weight excluding hydrogens is 689 g/mol. The molecule has 5 aliphatic rings. The molecule has 1 atom stereocenters. The first-order valence-corrected chi connectivity index (χ1v) is 20.5. The van der Waals surface area contributed by atoms with E-state index >= 15 is 0 Å². The summed E-state index contributed by atoms with van der Waals surface area (Å²) in [6.07, 6.45) is 38.6. The van der Waals surface area contributed by atoms with Crippen molar-refractivity contribution in [1.82, 2.24) is 0 Å². The summed E-state index contributed by atoms with van der Waals surface area (Å²) < 4.78 is 0. The van der Waals surface area contributed by atoms with E-state index in [4.69, 9.17) is 9.98 Å². The Morgan fingerprint density at radius 2 is 1.53 bits per heavy atom. The van der Waals surface area contributed by atoms with Crippen LogP contribution in [-0.2, 0) is 6.42 Å². The quantitative estimate of drug-likeness (QED) is 0.112. The van der Waals surface area contributed by atoms with E-state index in [-0.39, 0.29) is 5.92 Å². The predicted molar refractivity (Wildman–Crippen MR) is 244 cm³/mol. The smallest absolute Gasteiger partial charge is 0.159 e. The Balaban J connectivity index is 1.09. The lowest BCUT2D eigenvalue weighted by Crippen LogP contribution is -2.10. The average molecular weight is 737 g/mol. The minimum absolute atomic E-state index is 0.200. The van der Waals surface area contributed by atoms with E-state index in [1.165, 1.54) is 66.8 Å². The summed E-state index contributed by atoms with van der Waals surface area (Å²) in [4.78, 5) is 10.5. The minimum atomic E-state index is 0.200.